The van der Waals surface area contributed by atoms with Gasteiger partial charge in [0.2, 0.25) is 0 Å². The summed E-state index contributed by atoms with van der Waals surface area (Å²) in [5.74, 6) is 0. The first-order valence-electron chi connectivity index (χ1n) is 16.9. The third-order valence-corrected chi connectivity index (χ3v) is 10.4. The molecule has 232 valence electrons. The third kappa shape index (κ3) is 4.19. The minimum absolute atomic E-state index is 0.0478. The Morgan fingerprint density at radius 2 is 1.22 bits per heavy atom. The van der Waals surface area contributed by atoms with Gasteiger partial charge in [0, 0.05) is 33.5 Å². The highest BCUT2D eigenvalue weighted by molar-refractivity contribution is 6.13. The number of hydrogen-bond acceptors (Lipinski definition) is 2. The van der Waals surface area contributed by atoms with E-state index >= 15 is 0 Å². The summed E-state index contributed by atoms with van der Waals surface area (Å²) in [4.78, 5) is 5.07. The maximum absolute atomic E-state index is 6.48. The van der Waals surface area contributed by atoms with Gasteiger partial charge in [-0.3, -0.25) is 4.40 Å². The number of furan rings is 1. The number of nitrogens with zero attached hydrogens (tertiary/aromatic N) is 2. The Morgan fingerprint density at radius 3 is 2.14 bits per heavy atom. The third-order valence-electron chi connectivity index (χ3n) is 10.4. The van der Waals surface area contributed by atoms with Crippen LogP contribution in [0.1, 0.15) is 25.0 Å². The van der Waals surface area contributed by atoms with Crippen LogP contribution in [0.15, 0.2) is 162 Å². The summed E-state index contributed by atoms with van der Waals surface area (Å²) in [6, 6.07) is 54.2. The Labute approximate surface area is 284 Å². The molecule has 3 nitrogen and oxygen atoms in total. The molecule has 10 rings (SSSR count). The van der Waals surface area contributed by atoms with Gasteiger partial charge in [0.05, 0.1) is 11.4 Å². The number of benzene rings is 6. The summed E-state index contributed by atoms with van der Waals surface area (Å²) < 4.78 is 8.67. The van der Waals surface area contributed by atoms with Crippen molar-refractivity contribution in [3.63, 3.8) is 0 Å². The zero-order valence-corrected chi connectivity index (χ0v) is 27.3. The Bertz CT molecular complexity index is 2750. The Hall–Kier alpha value is -6.19. The lowest BCUT2D eigenvalue weighted by molar-refractivity contribution is 0.660. The molecule has 0 fully saturated rings. The van der Waals surface area contributed by atoms with Gasteiger partial charge in [0.15, 0.2) is 0 Å². The van der Waals surface area contributed by atoms with Gasteiger partial charge in [-0.05, 0) is 87.0 Å². The molecule has 0 unspecified atom stereocenters. The van der Waals surface area contributed by atoms with E-state index < -0.39 is 0 Å². The minimum atomic E-state index is -0.0478. The van der Waals surface area contributed by atoms with E-state index in [2.05, 4.69) is 164 Å². The van der Waals surface area contributed by atoms with Crippen LogP contribution < -0.4 is 0 Å². The monoisotopic (exact) mass is 628 g/mol. The van der Waals surface area contributed by atoms with Crippen molar-refractivity contribution in [3.05, 3.63) is 169 Å². The minimum Gasteiger partial charge on any atom is -0.456 e. The molecule has 9 aromatic rings. The van der Waals surface area contributed by atoms with Crippen molar-refractivity contribution in [2.45, 2.75) is 19.3 Å². The van der Waals surface area contributed by atoms with Gasteiger partial charge in [-0.2, -0.15) is 0 Å². The average Bonchev–Trinajstić information content (AvgIpc) is 3.80. The summed E-state index contributed by atoms with van der Waals surface area (Å²) in [5, 5.41) is 2.25. The topological polar surface area (TPSA) is 30.4 Å². The van der Waals surface area contributed by atoms with Crippen molar-refractivity contribution in [2.75, 3.05) is 0 Å². The van der Waals surface area contributed by atoms with Crippen molar-refractivity contribution in [3.8, 4) is 55.9 Å². The SMILES string of the molecule is CC1(C)c2ccccc2-c2ccc(-c3ccc4oc5cccc(-c6cccc(-c7c(-c8ccccc8)nc8ccccn78)c6)c5c4c3)cc21. The molecular weight excluding hydrogens is 597 g/mol. The second-order valence-electron chi connectivity index (χ2n) is 13.6. The van der Waals surface area contributed by atoms with Crippen molar-refractivity contribution in [1.82, 2.24) is 9.38 Å². The van der Waals surface area contributed by atoms with Crippen LogP contribution in [0, 0.1) is 0 Å². The molecule has 0 atom stereocenters. The largest absolute Gasteiger partial charge is 0.456 e. The van der Waals surface area contributed by atoms with Crippen molar-refractivity contribution < 1.29 is 4.42 Å². The summed E-state index contributed by atoms with van der Waals surface area (Å²) in [6.07, 6.45) is 2.10. The molecule has 0 radical (unpaired) electrons. The molecule has 0 spiro atoms. The molecule has 0 bridgehead atoms. The van der Waals surface area contributed by atoms with Gasteiger partial charge >= 0.3 is 0 Å². The van der Waals surface area contributed by atoms with E-state index in [0.29, 0.717) is 0 Å². The van der Waals surface area contributed by atoms with Crippen molar-refractivity contribution in [1.29, 1.82) is 0 Å². The second kappa shape index (κ2) is 10.4. The van der Waals surface area contributed by atoms with E-state index in [1.165, 1.54) is 33.4 Å². The van der Waals surface area contributed by atoms with Crippen LogP contribution in [0.2, 0.25) is 0 Å². The average molecular weight is 629 g/mol. The number of imidazole rings is 1. The number of aromatic nitrogens is 2. The standard InChI is InChI=1S/C46H32N2O/c1-46(2)38-18-7-6-16-35(38)36-23-21-31(28-39(36)46)30-22-24-40-37(27-30)43-34(17-11-19-41(43)49-40)32-14-10-15-33(26-32)45-44(29-12-4-3-5-13-29)47-42-20-8-9-25-48(42)45/h3-28H,1-2H3. The number of rotatable bonds is 4. The highest BCUT2D eigenvalue weighted by Crippen LogP contribution is 2.50. The molecule has 1 aliphatic rings. The Morgan fingerprint density at radius 1 is 0.510 bits per heavy atom. The quantitative estimate of drug-likeness (QED) is 0.194. The molecule has 0 amide bonds. The summed E-state index contributed by atoms with van der Waals surface area (Å²) in [5.41, 5.74) is 17.1. The van der Waals surface area contributed by atoms with Crippen LogP contribution in [-0.2, 0) is 5.41 Å². The first-order valence-corrected chi connectivity index (χ1v) is 16.9. The first kappa shape index (κ1) is 27.9. The molecule has 3 heteroatoms. The zero-order valence-electron chi connectivity index (χ0n) is 27.3. The number of fused-ring (bicyclic) bond motifs is 7. The van der Waals surface area contributed by atoms with Crippen molar-refractivity contribution >= 4 is 27.6 Å². The molecule has 3 aromatic heterocycles. The van der Waals surface area contributed by atoms with Gasteiger partial charge in [0.1, 0.15) is 16.8 Å². The summed E-state index contributed by atoms with van der Waals surface area (Å²) in [6.45, 7) is 4.68. The molecule has 0 saturated carbocycles. The summed E-state index contributed by atoms with van der Waals surface area (Å²) in [7, 11) is 0. The van der Waals surface area contributed by atoms with Crippen LogP contribution >= 0.6 is 0 Å². The molecule has 0 aliphatic heterocycles. The fourth-order valence-corrected chi connectivity index (χ4v) is 8.03. The lowest BCUT2D eigenvalue weighted by Crippen LogP contribution is -2.14. The van der Waals surface area contributed by atoms with E-state index in [4.69, 9.17) is 9.40 Å². The predicted molar refractivity (Wildman–Crippen MR) is 202 cm³/mol. The van der Waals surface area contributed by atoms with Gasteiger partial charge < -0.3 is 4.42 Å². The highest BCUT2D eigenvalue weighted by atomic mass is 16.3. The van der Waals surface area contributed by atoms with E-state index in [1.54, 1.807) is 0 Å². The zero-order chi connectivity index (χ0) is 32.7. The van der Waals surface area contributed by atoms with Gasteiger partial charge in [-0.1, -0.05) is 123 Å². The Balaban J connectivity index is 1.12. The lowest BCUT2D eigenvalue weighted by Gasteiger charge is -2.22. The highest BCUT2D eigenvalue weighted by Gasteiger charge is 2.35. The predicted octanol–water partition coefficient (Wildman–Crippen LogP) is 12.2. The van der Waals surface area contributed by atoms with Gasteiger partial charge in [-0.25, -0.2) is 4.98 Å². The van der Waals surface area contributed by atoms with E-state index in [9.17, 15) is 0 Å². The fraction of sp³-hybridized carbons (Fsp3) is 0.0652. The van der Waals surface area contributed by atoms with Gasteiger partial charge in [0.25, 0.3) is 0 Å². The molecule has 49 heavy (non-hydrogen) atoms. The van der Waals surface area contributed by atoms with E-state index in [0.717, 1.165) is 61.2 Å². The lowest BCUT2D eigenvalue weighted by atomic mass is 9.81. The maximum Gasteiger partial charge on any atom is 0.137 e. The fourth-order valence-electron chi connectivity index (χ4n) is 8.03. The molecular formula is C46H32N2O. The van der Waals surface area contributed by atoms with Crippen LogP contribution in [-0.4, -0.2) is 9.38 Å². The van der Waals surface area contributed by atoms with E-state index in [-0.39, 0.29) is 5.41 Å². The molecule has 0 N–H and O–H groups in total. The van der Waals surface area contributed by atoms with E-state index in [1.807, 2.05) is 12.1 Å². The Kier molecular flexibility index (Phi) is 5.92. The first-order chi connectivity index (χ1) is 24.0. The normalized spacial score (nSPS) is 13.3. The van der Waals surface area contributed by atoms with Gasteiger partial charge in [-0.15, -0.1) is 0 Å². The number of hydrogen-bond donors (Lipinski definition) is 0. The van der Waals surface area contributed by atoms with Crippen LogP contribution in [0.4, 0.5) is 0 Å². The number of pyridine rings is 1. The molecule has 6 aromatic carbocycles. The van der Waals surface area contributed by atoms with Crippen molar-refractivity contribution in [2.24, 2.45) is 0 Å². The van der Waals surface area contributed by atoms with Crippen LogP contribution in [0.5, 0.6) is 0 Å². The molecule has 1 aliphatic carbocycles. The molecule has 3 heterocycles. The van der Waals surface area contributed by atoms with Crippen LogP contribution in [0.3, 0.4) is 0 Å². The maximum atomic E-state index is 6.48. The van der Waals surface area contributed by atoms with Crippen LogP contribution in [0.25, 0.3) is 83.5 Å². The second-order valence-corrected chi connectivity index (χ2v) is 13.6. The summed E-state index contributed by atoms with van der Waals surface area (Å²) >= 11 is 0. The smallest absolute Gasteiger partial charge is 0.137 e. The molecule has 0 saturated heterocycles.